The van der Waals surface area contributed by atoms with Crippen molar-refractivity contribution in [3.63, 3.8) is 0 Å². The Kier molecular flexibility index (Phi) is 4.32. The summed E-state index contributed by atoms with van der Waals surface area (Å²) in [6, 6.07) is 9.04. The highest BCUT2D eigenvalue weighted by Crippen LogP contribution is 2.26. The first kappa shape index (κ1) is 14.0. The highest BCUT2D eigenvalue weighted by Gasteiger charge is 2.20. The van der Waals surface area contributed by atoms with E-state index >= 15 is 0 Å². The van der Waals surface area contributed by atoms with E-state index in [0.29, 0.717) is 6.04 Å². The van der Waals surface area contributed by atoms with Gasteiger partial charge in [0.25, 0.3) is 0 Å². The molecular formula is C17H23ClN2. The smallest absolute Gasteiger partial charge is 0.0661 e. The lowest BCUT2D eigenvalue weighted by molar-refractivity contribution is 0.279. The SMILES string of the molecule is CC1CCCCC1NCCn1cc(Cl)c2ccccc21. The third kappa shape index (κ3) is 2.87. The maximum atomic E-state index is 6.29. The van der Waals surface area contributed by atoms with Crippen LogP contribution in [0, 0.1) is 5.92 Å². The summed E-state index contributed by atoms with van der Waals surface area (Å²) in [6.07, 6.45) is 7.53. The van der Waals surface area contributed by atoms with E-state index in [1.165, 1.54) is 31.2 Å². The predicted octanol–water partition coefficient (Wildman–Crippen LogP) is 4.46. The Morgan fingerprint density at radius 1 is 1.25 bits per heavy atom. The Hall–Kier alpha value is -0.990. The van der Waals surface area contributed by atoms with Crippen molar-refractivity contribution in [2.75, 3.05) is 6.54 Å². The summed E-state index contributed by atoms with van der Waals surface area (Å²) in [4.78, 5) is 0. The second kappa shape index (κ2) is 6.19. The number of para-hydroxylation sites is 1. The van der Waals surface area contributed by atoms with Crippen LogP contribution < -0.4 is 5.32 Å². The molecule has 0 spiro atoms. The molecule has 2 atom stereocenters. The molecule has 1 aromatic heterocycles. The lowest BCUT2D eigenvalue weighted by Crippen LogP contribution is -2.38. The summed E-state index contributed by atoms with van der Waals surface area (Å²) in [5.41, 5.74) is 1.23. The van der Waals surface area contributed by atoms with Crippen LogP contribution in [-0.4, -0.2) is 17.2 Å². The van der Waals surface area contributed by atoms with E-state index in [2.05, 4.69) is 41.2 Å². The number of hydrogen-bond donors (Lipinski definition) is 1. The molecule has 1 aliphatic carbocycles. The van der Waals surface area contributed by atoms with Gasteiger partial charge in [0.15, 0.2) is 0 Å². The number of aromatic nitrogens is 1. The summed E-state index contributed by atoms with van der Waals surface area (Å²) in [5, 5.41) is 5.74. The Bertz CT molecular complexity index is 575. The summed E-state index contributed by atoms with van der Waals surface area (Å²) >= 11 is 6.29. The van der Waals surface area contributed by atoms with Gasteiger partial charge in [-0.1, -0.05) is 49.6 Å². The van der Waals surface area contributed by atoms with E-state index in [1.54, 1.807) is 0 Å². The minimum Gasteiger partial charge on any atom is -0.345 e. The van der Waals surface area contributed by atoms with Gasteiger partial charge in [-0.2, -0.15) is 0 Å². The fraction of sp³-hybridized carbons (Fsp3) is 0.529. The molecular weight excluding hydrogens is 268 g/mol. The van der Waals surface area contributed by atoms with Gasteiger partial charge in [-0.15, -0.1) is 0 Å². The molecule has 3 heteroatoms. The van der Waals surface area contributed by atoms with Crippen molar-refractivity contribution in [3.8, 4) is 0 Å². The second-order valence-electron chi connectivity index (χ2n) is 6.01. The summed E-state index contributed by atoms with van der Waals surface area (Å²) in [5.74, 6) is 0.814. The molecule has 0 radical (unpaired) electrons. The molecule has 0 amide bonds. The first-order valence-corrected chi connectivity index (χ1v) is 8.10. The van der Waals surface area contributed by atoms with Crippen LogP contribution in [0.4, 0.5) is 0 Å². The summed E-state index contributed by atoms with van der Waals surface area (Å²) in [6.45, 7) is 4.37. The van der Waals surface area contributed by atoms with Crippen LogP contribution in [0.25, 0.3) is 10.9 Å². The number of rotatable bonds is 4. The molecule has 1 aromatic carbocycles. The van der Waals surface area contributed by atoms with Crippen LogP contribution in [0.5, 0.6) is 0 Å². The van der Waals surface area contributed by atoms with E-state index in [0.717, 1.165) is 29.4 Å². The normalized spacial score (nSPS) is 23.3. The van der Waals surface area contributed by atoms with E-state index in [9.17, 15) is 0 Å². The highest BCUT2D eigenvalue weighted by atomic mass is 35.5. The number of nitrogens with one attached hydrogen (secondary N) is 1. The number of benzene rings is 1. The van der Waals surface area contributed by atoms with Gasteiger partial charge in [0, 0.05) is 36.2 Å². The van der Waals surface area contributed by atoms with E-state index in [4.69, 9.17) is 11.6 Å². The Morgan fingerprint density at radius 3 is 2.90 bits per heavy atom. The molecule has 1 saturated carbocycles. The zero-order chi connectivity index (χ0) is 13.9. The predicted molar refractivity (Wildman–Crippen MR) is 86.4 cm³/mol. The monoisotopic (exact) mass is 290 g/mol. The van der Waals surface area contributed by atoms with Gasteiger partial charge in [0.1, 0.15) is 0 Å². The number of nitrogens with zero attached hydrogens (tertiary/aromatic N) is 1. The van der Waals surface area contributed by atoms with E-state index < -0.39 is 0 Å². The third-order valence-corrected chi connectivity index (χ3v) is 4.91. The molecule has 2 nitrogen and oxygen atoms in total. The maximum absolute atomic E-state index is 6.29. The van der Waals surface area contributed by atoms with Crippen molar-refractivity contribution in [2.24, 2.45) is 5.92 Å². The van der Waals surface area contributed by atoms with Crippen LogP contribution in [0.2, 0.25) is 5.02 Å². The number of halogens is 1. The summed E-state index contributed by atoms with van der Waals surface area (Å²) in [7, 11) is 0. The fourth-order valence-corrected chi connectivity index (χ4v) is 3.65. The van der Waals surface area contributed by atoms with Crippen molar-refractivity contribution >= 4 is 22.5 Å². The van der Waals surface area contributed by atoms with Crippen molar-refractivity contribution < 1.29 is 0 Å². The Balaban J connectivity index is 1.62. The maximum Gasteiger partial charge on any atom is 0.0661 e. The van der Waals surface area contributed by atoms with Crippen molar-refractivity contribution in [1.82, 2.24) is 9.88 Å². The largest absolute Gasteiger partial charge is 0.345 e. The first-order valence-electron chi connectivity index (χ1n) is 7.72. The van der Waals surface area contributed by atoms with Crippen LogP contribution in [0.3, 0.4) is 0 Å². The molecule has 0 aliphatic heterocycles. The molecule has 1 fully saturated rings. The molecule has 0 saturated heterocycles. The first-order chi connectivity index (χ1) is 9.75. The van der Waals surface area contributed by atoms with Gasteiger partial charge >= 0.3 is 0 Å². The lowest BCUT2D eigenvalue weighted by atomic mass is 9.86. The van der Waals surface area contributed by atoms with Gasteiger partial charge < -0.3 is 9.88 Å². The zero-order valence-electron chi connectivity index (χ0n) is 12.1. The molecule has 20 heavy (non-hydrogen) atoms. The molecule has 2 unspecified atom stereocenters. The summed E-state index contributed by atoms with van der Waals surface area (Å²) < 4.78 is 2.26. The quantitative estimate of drug-likeness (QED) is 0.879. The van der Waals surface area contributed by atoms with Crippen LogP contribution in [-0.2, 0) is 6.54 Å². The average Bonchev–Trinajstić information content (AvgIpc) is 2.78. The van der Waals surface area contributed by atoms with Gasteiger partial charge in [0.2, 0.25) is 0 Å². The molecule has 0 bridgehead atoms. The van der Waals surface area contributed by atoms with Gasteiger partial charge in [-0.05, 0) is 24.8 Å². The second-order valence-corrected chi connectivity index (χ2v) is 6.42. The van der Waals surface area contributed by atoms with Crippen LogP contribution in [0.1, 0.15) is 32.6 Å². The van der Waals surface area contributed by atoms with Crippen molar-refractivity contribution in [3.05, 3.63) is 35.5 Å². The fourth-order valence-electron chi connectivity index (χ4n) is 3.38. The third-order valence-electron chi connectivity index (χ3n) is 4.61. The molecule has 108 valence electrons. The average molecular weight is 291 g/mol. The van der Waals surface area contributed by atoms with Gasteiger partial charge in [-0.25, -0.2) is 0 Å². The highest BCUT2D eigenvalue weighted by molar-refractivity contribution is 6.35. The topological polar surface area (TPSA) is 17.0 Å². The number of hydrogen-bond acceptors (Lipinski definition) is 1. The minimum absolute atomic E-state index is 0.695. The Labute approximate surface area is 126 Å². The van der Waals surface area contributed by atoms with Crippen LogP contribution >= 0.6 is 11.6 Å². The molecule has 2 aromatic rings. The molecule has 1 aliphatic rings. The zero-order valence-corrected chi connectivity index (χ0v) is 12.9. The van der Waals surface area contributed by atoms with Gasteiger partial charge in [-0.3, -0.25) is 0 Å². The Morgan fingerprint density at radius 2 is 2.05 bits per heavy atom. The standard InChI is InChI=1S/C17H23ClN2/c1-13-6-2-4-8-16(13)19-10-11-20-12-15(18)14-7-3-5-9-17(14)20/h3,5,7,9,12-13,16,19H,2,4,6,8,10-11H2,1H3. The van der Waals surface area contributed by atoms with Crippen molar-refractivity contribution in [1.29, 1.82) is 0 Å². The number of fused-ring (bicyclic) bond motifs is 1. The molecule has 1 heterocycles. The van der Waals surface area contributed by atoms with Crippen LogP contribution in [0.15, 0.2) is 30.5 Å². The van der Waals surface area contributed by atoms with E-state index in [-0.39, 0.29) is 0 Å². The van der Waals surface area contributed by atoms with E-state index in [1.807, 2.05) is 6.07 Å². The lowest BCUT2D eigenvalue weighted by Gasteiger charge is -2.29. The molecule has 1 N–H and O–H groups in total. The molecule has 3 rings (SSSR count). The van der Waals surface area contributed by atoms with Crippen molar-refractivity contribution in [2.45, 2.75) is 45.2 Å². The van der Waals surface area contributed by atoms with Gasteiger partial charge in [0.05, 0.1) is 5.02 Å². The minimum atomic E-state index is 0.695.